The lowest BCUT2D eigenvalue weighted by Crippen LogP contribution is -1.88. The molecule has 0 fully saturated rings. The predicted molar refractivity (Wildman–Crippen MR) is 56.4 cm³/mol. The van der Waals surface area contributed by atoms with E-state index < -0.39 is 9.05 Å². The fraction of sp³-hybridized carbons (Fsp3) is 0.222. The lowest BCUT2D eigenvalue weighted by Gasteiger charge is -1.93. The molecule has 2 aromatic rings. The predicted octanol–water partition coefficient (Wildman–Crippen LogP) is 2.32. The highest BCUT2D eigenvalue weighted by Crippen LogP contribution is 2.22. The van der Waals surface area contributed by atoms with Crippen molar-refractivity contribution in [2.45, 2.75) is 18.2 Å². The first-order valence-corrected chi connectivity index (χ1v) is 6.66. The molecule has 0 saturated heterocycles. The van der Waals surface area contributed by atoms with Crippen molar-refractivity contribution < 1.29 is 12.8 Å². The summed E-state index contributed by atoms with van der Waals surface area (Å²) >= 11 is 0. The third-order valence-corrected chi connectivity index (χ3v) is 3.34. The summed E-state index contributed by atoms with van der Waals surface area (Å²) in [5.74, 6) is 0.578. The van der Waals surface area contributed by atoms with Crippen LogP contribution in [0.1, 0.15) is 12.8 Å². The Morgan fingerprint density at radius 1 is 1.47 bits per heavy atom. The lowest BCUT2D eigenvalue weighted by atomic mass is 10.3. The Hall–Kier alpha value is -1.07. The molecule has 1 aromatic heterocycles. The van der Waals surface area contributed by atoms with Crippen LogP contribution in [0.15, 0.2) is 27.5 Å². The largest absolute Gasteiger partial charge is 0.441 e. The third-order valence-electron chi connectivity index (χ3n) is 1.99. The number of benzene rings is 1. The monoisotopic (exact) mass is 245 g/mol. The molecule has 0 N–H and O–H groups in total. The van der Waals surface area contributed by atoms with Crippen LogP contribution in [0.25, 0.3) is 11.1 Å². The average Bonchev–Trinajstić information content (AvgIpc) is 2.57. The summed E-state index contributed by atoms with van der Waals surface area (Å²) in [6, 6.07) is 4.36. The van der Waals surface area contributed by atoms with E-state index in [1.165, 1.54) is 12.1 Å². The maximum Gasteiger partial charge on any atom is 0.261 e. The molecule has 1 heterocycles. The first-order valence-electron chi connectivity index (χ1n) is 4.35. The Morgan fingerprint density at radius 3 is 2.80 bits per heavy atom. The zero-order valence-electron chi connectivity index (χ0n) is 7.90. The van der Waals surface area contributed by atoms with Crippen molar-refractivity contribution >= 4 is 30.8 Å². The van der Waals surface area contributed by atoms with Gasteiger partial charge in [0.15, 0.2) is 11.5 Å². The average molecular weight is 246 g/mol. The molecule has 0 unspecified atom stereocenters. The second-order valence-electron chi connectivity index (χ2n) is 3.03. The summed E-state index contributed by atoms with van der Waals surface area (Å²) in [6.45, 7) is 1.91. The number of aromatic nitrogens is 1. The van der Waals surface area contributed by atoms with Crippen LogP contribution in [0, 0.1) is 0 Å². The van der Waals surface area contributed by atoms with E-state index in [1.54, 1.807) is 6.07 Å². The van der Waals surface area contributed by atoms with Crippen LogP contribution in [-0.2, 0) is 15.5 Å². The van der Waals surface area contributed by atoms with Crippen molar-refractivity contribution in [2.75, 3.05) is 0 Å². The maximum absolute atomic E-state index is 11.1. The summed E-state index contributed by atoms with van der Waals surface area (Å²) in [6.07, 6.45) is 0.664. The topological polar surface area (TPSA) is 60.2 Å². The molecule has 0 saturated carbocycles. The molecule has 2 rings (SSSR count). The van der Waals surface area contributed by atoms with Crippen molar-refractivity contribution in [3.63, 3.8) is 0 Å². The van der Waals surface area contributed by atoms with Gasteiger partial charge in [-0.25, -0.2) is 13.4 Å². The molecule has 4 nitrogen and oxygen atoms in total. The summed E-state index contributed by atoms with van der Waals surface area (Å²) in [4.78, 5) is 4.17. The van der Waals surface area contributed by atoms with Crippen LogP contribution in [0.5, 0.6) is 0 Å². The van der Waals surface area contributed by atoms with Crippen molar-refractivity contribution in [1.29, 1.82) is 0 Å². The van der Waals surface area contributed by atoms with E-state index in [-0.39, 0.29) is 4.90 Å². The molecular weight excluding hydrogens is 238 g/mol. The minimum absolute atomic E-state index is 0.0236. The number of hydrogen-bond donors (Lipinski definition) is 0. The van der Waals surface area contributed by atoms with Crippen molar-refractivity contribution in [2.24, 2.45) is 0 Å². The van der Waals surface area contributed by atoms with E-state index >= 15 is 0 Å². The van der Waals surface area contributed by atoms with E-state index in [0.29, 0.717) is 23.4 Å². The van der Waals surface area contributed by atoms with Crippen LogP contribution in [0.3, 0.4) is 0 Å². The lowest BCUT2D eigenvalue weighted by molar-refractivity contribution is 0.537. The van der Waals surface area contributed by atoms with Gasteiger partial charge in [-0.2, -0.15) is 0 Å². The molecule has 0 spiro atoms. The number of rotatable bonds is 2. The fourth-order valence-electron chi connectivity index (χ4n) is 1.26. The molecule has 0 aliphatic rings. The normalized spacial score (nSPS) is 12.1. The van der Waals surface area contributed by atoms with Crippen LogP contribution >= 0.6 is 10.7 Å². The quantitative estimate of drug-likeness (QED) is 0.762. The number of nitrogens with zero attached hydrogens (tertiary/aromatic N) is 1. The van der Waals surface area contributed by atoms with Gasteiger partial charge in [-0.3, -0.25) is 0 Å². The number of hydrogen-bond acceptors (Lipinski definition) is 4. The summed E-state index contributed by atoms with van der Waals surface area (Å²) in [5.41, 5.74) is 1.07. The van der Waals surface area contributed by atoms with E-state index in [1.807, 2.05) is 6.92 Å². The molecule has 1 aromatic carbocycles. The maximum atomic E-state index is 11.1. The molecule has 0 aliphatic carbocycles. The highest BCUT2D eigenvalue weighted by atomic mass is 35.7. The zero-order chi connectivity index (χ0) is 11.1. The smallest absolute Gasteiger partial charge is 0.261 e. The minimum Gasteiger partial charge on any atom is -0.441 e. The summed E-state index contributed by atoms with van der Waals surface area (Å²) < 4.78 is 27.4. The molecule has 6 heteroatoms. The van der Waals surface area contributed by atoms with Gasteiger partial charge < -0.3 is 4.42 Å². The zero-order valence-corrected chi connectivity index (χ0v) is 9.47. The Labute approximate surface area is 91.3 Å². The Bertz CT molecular complexity index is 603. The summed E-state index contributed by atoms with van der Waals surface area (Å²) in [5, 5.41) is 0. The van der Waals surface area contributed by atoms with Gasteiger partial charge >= 0.3 is 0 Å². The van der Waals surface area contributed by atoms with E-state index in [9.17, 15) is 8.42 Å². The Morgan fingerprint density at radius 2 is 2.20 bits per heavy atom. The van der Waals surface area contributed by atoms with E-state index in [0.717, 1.165) is 0 Å². The Kier molecular flexibility index (Phi) is 2.44. The van der Waals surface area contributed by atoms with Crippen LogP contribution in [0.2, 0.25) is 0 Å². The van der Waals surface area contributed by atoms with Gasteiger partial charge in [-0.1, -0.05) is 6.92 Å². The van der Waals surface area contributed by atoms with Crippen molar-refractivity contribution in [1.82, 2.24) is 4.98 Å². The molecule has 0 atom stereocenters. The molecule has 15 heavy (non-hydrogen) atoms. The highest BCUT2D eigenvalue weighted by Gasteiger charge is 2.12. The highest BCUT2D eigenvalue weighted by molar-refractivity contribution is 8.13. The number of fused-ring (bicyclic) bond motifs is 1. The van der Waals surface area contributed by atoms with Gasteiger partial charge in [0.05, 0.1) is 4.90 Å². The van der Waals surface area contributed by atoms with Crippen molar-refractivity contribution in [3.05, 3.63) is 24.1 Å². The van der Waals surface area contributed by atoms with Crippen molar-refractivity contribution in [3.8, 4) is 0 Å². The van der Waals surface area contributed by atoms with Gasteiger partial charge in [0.25, 0.3) is 9.05 Å². The molecule has 0 bridgehead atoms. The number of aryl methyl sites for hydroxylation is 1. The van der Waals surface area contributed by atoms with Gasteiger partial charge in [-0.15, -0.1) is 0 Å². The van der Waals surface area contributed by atoms with Gasteiger partial charge in [0.2, 0.25) is 0 Å². The third kappa shape index (κ3) is 1.98. The van der Waals surface area contributed by atoms with Crippen LogP contribution < -0.4 is 0 Å². The van der Waals surface area contributed by atoms with Crippen LogP contribution in [0.4, 0.5) is 0 Å². The number of halogens is 1. The molecule has 0 radical (unpaired) electrons. The molecular formula is C9H8ClNO3S. The first-order chi connectivity index (χ1) is 7.00. The second kappa shape index (κ2) is 3.50. The molecule has 0 amide bonds. The molecule has 0 aliphatic heterocycles. The van der Waals surface area contributed by atoms with E-state index in [4.69, 9.17) is 15.1 Å². The van der Waals surface area contributed by atoms with Gasteiger partial charge in [0.1, 0.15) is 5.52 Å². The molecule has 80 valence electrons. The number of oxazole rings is 1. The van der Waals surface area contributed by atoms with E-state index in [2.05, 4.69) is 4.98 Å². The van der Waals surface area contributed by atoms with Gasteiger partial charge in [0, 0.05) is 23.2 Å². The minimum atomic E-state index is -3.71. The van der Waals surface area contributed by atoms with Crippen LogP contribution in [-0.4, -0.2) is 13.4 Å². The fourth-order valence-corrected chi connectivity index (χ4v) is 2.02. The Balaban J connectivity index is 2.66. The van der Waals surface area contributed by atoms with Gasteiger partial charge in [-0.05, 0) is 12.1 Å². The first kappa shape index (κ1) is 10.4. The second-order valence-corrected chi connectivity index (χ2v) is 5.59. The SMILES string of the molecule is CCc1nc2ccc(S(=O)(=O)Cl)cc2o1. The standard InChI is InChI=1S/C9H8ClNO3S/c1-2-9-11-7-4-3-6(15(10,12)13)5-8(7)14-9/h3-5H,2H2,1H3. The summed E-state index contributed by atoms with van der Waals surface area (Å²) in [7, 11) is 1.50.